The lowest BCUT2D eigenvalue weighted by Crippen LogP contribution is -2.34. The third-order valence-electron chi connectivity index (χ3n) is 3.87. The van der Waals surface area contributed by atoms with Crippen LogP contribution in [-0.2, 0) is 11.2 Å². The summed E-state index contributed by atoms with van der Waals surface area (Å²) in [6.45, 7) is 3.41. The van der Waals surface area contributed by atoms with Crippen molar-refractivity contribution in [3.63, 3.8) is 0 Å². The first-order valence-electron chi connectivity index (χ1n) is 6.25. The Balaban J connectivity index is 2.18. The van der Waals surface area contributed by atoms with Crippen LogP contribution in [0.4, 0.5) is 8.78 Å². The van der Waals surface area contributed by atoms with E-state index in [0.29, 0.717) is 6.54 Å². The van der Waals surface area contributed by atoms with Crippen LogP contribution in [0.3, 0.4) is 0 Å². The number of benzene rings is 1. The van der Waals surface area contributed by atoms with Crippen LogP contribution >= 0.6 is 0 Å². The highest BCUT2D eigenvalue weighted by atomic mass is 19.1. The average molecular weight is 253 g/mol. The first-order chi connectivity index (χ1) is 8.57. The minimum atomic E-state index is -0.512. The molecule has 2 nitrogen and oxygen atoms in total. The fourth-order valence-corrected chi connectivity index (χ4v) is 2.52. The number of hydrogen-bond acceptors (Lipinski definition) is 2. The number of Topliss-reactive ketones (excluding diaryl/α,β-unsaturated/α-hetero) is 1. The maximum Gasteiger partial charge on any atom is 0.144 e. The number of ketones is 1. The molecule has 1 aromatic carbocycles. The molecule has 1 aliphatic rings. The third kappa shape index (κ3) is 2.43. The van der Waals surface area contributed by atoms with Gasteiger partial charge in [0.15, 0.2) is 0 Å². The first kappa shape index (κ1) is 13.1. The van der Waals surface area contributed by atoms with Gasteiger partial charge in [-0.1, -0.05) is 6.92 Å². The molecule has 0 saturated carbocycles. The van der Waals surface area contributed by atoms with Gasteiger partial charge in [0, 0.05) is 18.4 Å². The van der Waals surface area contributed by atoms with E-state index in [2.05, 4.69) is 5.32 Å². The van der Waals surface area contributed by atoms with Gasteiger partial charge in [-0.25, -0.2) is 8.78 Å². The van der Waals surface area contributed by atoms with Crippen molar-refractivity contribution in [2.75, 3.05) is 13.1 Å². The summed E-state index contributed by atoms with van der Waals surface area (Å²) in [4.78, 5) is 12.3. The van der Waals surface area contributed by atoms with Gasteiger partial charge < -0.3 is 5.32 Å². The third-order valence-corrected chi connectivity index (χ3v) is 3.87. The molecule has 1 aliphatic heterocycles. The zero-order valence-electron chi connectivity index (χ0n) is 10.4. The second kappa shape index (κ2) is 5.14. The number of carbonyl (C=O) groups is 1. The lowest BCUT2D eigenvalue weighted by Gasteiger charge is -2.24. The van der Waals surface area contributed by atoms with Crippen molar-refractivity contribution in [3.8, 4) is 0 Å². The standard InChI is InChI=1S/C14H17F2NO/c1-2-14(5-6-17-9-14)13(18)8-10-7-11(15)3-4-12(10)16/h3-4,7,17H,2,5-6,8-9H2,1H3. The van der Waals surface area contributed by atoms with Gasteiger partial charge in [0.1, 0.15) is 17.4 Å². The SMILES string of the molecule is CCC1(C(=O)Cc2cc(F)ccc2F)CCNC1. The van der Waals surface area contributed by atoms with Crippen LogP contribution in [0, 0.1) is 17.0 Å². The van der Waals surface area contributed by atoms with Gasteiger partial charge in [0.2, 0.25) is 0 Å². The van der Waals surface area contributed by atoms with Gasteiger partial charge in [0.25, 0.3) is 0 Å². The van der Waals surface area contributed by atoms with Crippen LogP contribution in [0.2, 0.25) is 0 Å². The molecular formula is C14H17F2NO. The molecule has 2 rings (SSSR count). The number of rotatable bonds is 4. The number of hydrogen-bond donors (Lipinski definition) is 1. The molecule has 0 radical (unpaired) electrons. The van der Waals surface area contributed by atoms with Crippen molar-refractivity contribution < 1.29 is 13.6 Å². The molecule has 1 saturated heterocycles. The smallest absolute Gasteiger partial charge is 0.144 e. The van der Waals surface area contributed by atoms with E-state index >= 15 is 0 Å². The summed E-state index contributed by atoms with van der Waals surface area (Å²) in [5.74, 6) is -1.02. The van der Waals surface area contributed by atoms with Crippen LogP contribution in [0.5, 0.6) is 0 Å². The highest BCUT2D eigenvalue weighted by Crippen LogP contribution is 2.32. The predicted molar refractivity (Wildman–Crippen MR) is 65.3 cm³/mol. The van der Waals surface area contributed by atoms with Crippen molar-refractivity contribution in [1.82, 2.24) is 5.32 Å². The van der Waals surface area contributed by atoms with Crippen LogP contribution in [-0.4, -0.2) is 18.9 Å². The monoisotopic (exact) mass is 253 g/mol. The van der Waals surface area contributed by atoms with E-state index in [9.17, 15) is 13.6 Å². The molecule has 0 amide bonds. The molecule has 0 aliphatic carbocycles. The predicted octanol–water partition coefficient (Wildman–Crippen LogP) is 2.47. The maximum atomic E-state index is 13.5. The number of halogens is 2. The summed E-state index contributed by atoms with van der Waals surface area (Å²) < 4.78 is 26.6. The lowest BCUT2D eigenvalue weighted by atomic mass is 9.78. The Hall–Kier alpha value is -1.29. The van der Waals surface area contributed by atoms with Crippen molar-refractivity contribution in [2.24, 2.45) is 5.41 Å². The van der Waals surface area contributed by atoms with E-state index in [4.69, 9.17) is 0 Å². The number of nitrogens with one attached hydrogen (secondary N) is 1. The molecule has 18 heavy (non-hydrogen) atoms. The van der Waals surface area contributed by atoms with Gasteiger partial charge in [-0.05, 0) is 43.1 Å². The Bertz CT molecular complexity index is 453. The van der Waals surface area contributed by atoms with Crippen molar-refractivity contribution >= 4 is 5.78 Å². The van der Waals surface area contributed by atoms with Gasteiger partial charge >= 0.3 is 0 Å². The second-order valence-corrected chi connectivity index (χ2v) is 4.90. The Morgan fingerprint density at radius 1 is 1.44 bits per heavy atom. The highest BCUT2D eigenvalue weighted by molar-refractivity contribution is 5.87. The topological polar surface area (TPSA) is 29.1 Å². The molecule has 0 spiro atoms. The minimum absolute atomic E-state index is 0.000463. The summed E-state index contributed by atoms with van der Waals surface area (Å²) in [5, 5.41) is 3.17. The molecule has 1 atom stereocenters. The molecular weight excluding hydrogens is 236 g/mol. The Labute approximate surface area is 105 Å². The Kier molecular flexibility index (Phi) is 3.76. The second-order valence-electron chi connectivity index (χ2n) is 4.90. The lowest BCUT2D eigenvalue weighted by molar-refractivity contribution is -0.127. The minimum Gasteiger partial charge on any atom is -0.316 e. The van der Waals surface area contributed by atoms with Crippen molar-refractivity contribution in [1.29, 1.82) is 0 Å². The van der Waals surface area contributed by atoms with Crippen LogP contribution in [0.15, 0.2) is 18.2 Å². The summed E-state index contributed by atoms with van der Waals surface area (Å²) in [7, 11) is 0. The molecule has 0 bridgehead atoms. The zero-order valence-corrected chi connectivity index (χ0v) is 10.4. The molecule has 1 unspecified atom stereocenters. The van der Waals surface area contributed by atoms with Crippen molar-refractivity contribution in [2.45, 2.75) is 26.2 Å². The normalized spacial score (nSPS) is 23.3. The molecule has 1 aromatic rings. The van der Waals surface area contributed by atoms with Crippen LogP contribution in [0.1, 0.15) is 25.3 Å². The van der Waals surface area contributed by atoms with E-state index in [0.717, 1.165) is 37.6 Å². The molecule has 1 fully saturated rings. The van der Waals surface area contributed by atoms with Gasteiger partial charge in [0.05, 0.1) is 0 Å². The quantitative estimate of drug-likeness (QED) is 0.893. The molecule has 4 heteroatoms. The van der Waals surface area contributed by atoms with Crippen LogP contribution < -0.4 is 5.32 Å². The summed E-state index contributed by atoms with van der Waals surface area (Å²) >= 11 is 0. The Morgan fingerprint density at radius 2 is 2.22 bits per heavy atom. The van der Waals surface area contributed by atoms with E-state index in [1.54, 1.807) is 0 Å². The van der Waals surface area contributed by atoms with Gasteiger partial charge in [-0.2, -0.15) is 0 Å². The summed E-state index contributed by atoms with van der Waals surface area (Å²) in [5.41, 5.74) is -0.251. The largest absolute Gasteiger partial charge is 0.316 e. The fraction of sp³-hybridized carbons (Fsp3) is 0.500. The molecule has 1 N–H and O–H groups in total. The van der Waals surface area contributed by atoms with Gasteiger partial charge in [-0.3, -0.25) is 4.79 Å². The van der Waals surface area contributed by atoms with Gasteiger partial charge in [-0.15, -0.1) is 0 Å². The fourth-order valence-electron chi connectivity index (χ4n) is 2.52. The van der Waals surface area contributed by atoms with E-state index in [1.165, 1.54) is 0 Å². The average Bonchev–Trinajstić information content (AvgIpc) is 2.84. The summed E-state index contributed by atoms with van der Waals surface area (Å²) in [6, 6.07) is 3.25. The Morgan fingerprint density at radius 3 is 2.83 bits per heavy atom. The molecule has 98 valence electrons. The van der Waals surface area contributed by atoms with E-state index in [1.807, 2.05) is 6.92 Å². The molecule has 0 aromatic heterocycles. The van der Waals surface area contributed by atoms with E-state index < -0.39 is 17.0 Å². The zero-order chi connectivity index (χ0) is 13.2. The summed E-state index contributed by atoms with van der Waals surface area (Å²) in [6.07, 6.45) is 1.48. The molecule has 1 heterocycles. The first-order valence-corrected chi connectivity index (χ1v) is 6.25. The number of carbonyl (C=O) groups excluding carboxylic acids is 1. The van der Waals surface area contributed by atoms with Crippen molar-refractivity contribution in [3.05, 3.63) is 35.4 Å². The highest BCUT2D eigenvalue weighted by Gasteiger charge is 2.38. The maximum absolute atomic E-state index is 13.5. The van der Waals surface area contributed by atoms with E-state index in [-0.39, 0.29) is 17.8 Å². The van der Waals surface area contributed by atoms with Crippen LogP contribution in [0.25, 0.3) is 0 Å².